The van der Waals surface area contributed by atoms with Crippen molar-refractivity contribution in [3.63, 3.8) is 0 Å². The third-order valence-corrected chi connectivity index (χ3v) is 5.33. The first-order valence-corrected chi connectivity index (χ1v) is 10.3. The Labute approximate surface area is 151 Å². The third kappa shape index (κ3) is 4.41. The molecule has 0 fully saturated rings. The highest BCUT2D eigenvalue weighted by Crippen LogP contribution is 2.37. The minimum absolute atomic E-state index is 0.00728. The summed E-state index contributed by atoms with van der Waals surface area (Å²) in [7, 11) is -2.84. The highest BCUT2D eigenvalue weighted by Gasteiger charge is 2.19. The van der Waals surface area contributed by atoms with Gasteiger partial charge in [-0.25, -0.2) is 0 Å². The van der Waals surface area contributed by atoms with Gasteiger partial charge in [-0.3, -0.25) is 9.59 Å². The number of methoxy groups -OCH3 is 1. The first kappa shape index (κ1) is 19.9. The van der Waals surface area contributed by atoms with E-state index in [0.717, 1.165) is 0 Å². The van der Waals surface area contributed by atoms with Crippen molar-refractivity contribution in [3.8, 4) is 5.75 Å². The van der Waals surface area contributed by atoms with Gasteiger partial charge in [-0.1, -0.05) is 6.07 Å². The van der Waals surface area contributed by atoms with Crippen molar-refractivity contribution in [1.82, 2.24) is 0 Å². The van der Waals surface area contributed by atoms with E-state index in [9.17, 15) is 24.2 Å². The molecule has 9 heteroatoms. The van der Waals surface area contributed by atoms with E-state index in [0.29, 0.717) is 23.0 Å². The molecule has 0 aliphatic rings. The average molecular weight is 375 g/mol. The molecule has 1 amide bonds. The maximum Gasteiger partial charge on any atom is 0.489 e. The van der Waals surface area contributed by atoms with Gasteiger partial charge < -0.3 is 24.7 Å². The maximum atomic E-state index is 12.5. The van der Waals surface area contributed by atoms with Gasteiger partial charge in [0.2, 0.25) is 0 Å². The van der Waals surface area contributed by atoms with Crippen LogP contribution in [0.25, 0.3) is 0 Å². The Bertz CT molecular complexity index is 893. The van der Waals surface area contributed by atoms with Gasteiger partial charge in [-0.15, -0.1) is 0 Å². The van der Waals surface area contributed by atoms with Crippen molar-refractivity contribution in [3.05, 3.63) is 47.5 Å². The van der Waals surface area contributed by atoms with Crippen LogP contribution < -0.4 is 20.8 Å². The van der Waals surface area contributed by atoms with Crippen LogP contribution in [0, 0.1) is 0 Å². The number of hydrogen-bond acceptors (Lipinski definition) is 6. The normalized spacial score (nSPS) is 11.0. The number of amides is 1. The molecule has 0 unspecified atom stereocenters. The number of aldehydes is 1. The molecule has 26 heavy (non-hydrogen) atoms. The van der Waals surface area contributed by atoms with Crippen molar-refractivity contribution in [2.75, 3.05) is 25.8 Å². The smallest absolute Gasteiger partial charge is 0.489 e. The second-order valence-electron chi connectivity index (χ2n) is 6.02. The van der Waals surface area contributed by atoms with E-state index in [2.05, 4.69) is 5.32 Å². The summed E-state index contributed by atoms with van der Waals surface area (Å²) in [6.45, 7) is 3.27. The second-order valence-corrected chi connectivity index (χ2v) is 9.24. The summed E-state index contributed by atoms with van der Waals surface area (Å²) in [6.07, 6.45) is 0.445. The van der Waals surface area contributed by atoms with Gasteiger partial charge >= 0.3 is 7.12 Å². The van der Waals surface area contributed by atoms with E-state index in [1.54, 1.807) is 31.5 Å². The van der Waals surface area contributed by atoms with E-state index in [1.807, 2.05) is 0 Å². The first-order valence-electron chi connectivity index (χ1n) is 7.67. The molecule has 0 radical (unpaired) electrons. The minimum Gasteiger partial charge on any atom is -0.495 e. The van der Waals surface area contributed by atoms with Gasteiger partial charge in [0.15, 0.2) is 0 Å². The van der Waals surface area contributed by atoms with Crippen LogP contribution >= 0.6 is 7.14 Å². The van der Waals surface area contributed by atoms with E-state index in [4.69, 9.17) is 4.74 Å². The summed E-state index contributed by atoms with van der Waals surface area (Å²) in [6, 6.07) is 8.81. The van der Waals surface area contributed by atoms with Crippen LogP contribution in [-0.4, -0.2) is 49.8 Å². The van der Waals surface area contributed by atoms with Crippen LogP contribution in [0.4, 0.5) is 5.69 Å². The summed E-state index contributed by atoms with van der Waals surface area (Å²) < 4.78 is 17.4. The Balaban J connectivity index is 2.33. The summed E-state index contributed by atoms with van der Waals surface area (Å²) in [5, 5.41) is 21.7. The Kier molecular flexibility index (Phi) is 6.03. The van der Waals surface area contributed by atoms with Crippen molar-refractivity contribution in [1.29, 1.82) is 0 Å². The van der Waals surface area contributed by atoms with E-state index in [-0.39, 0.29) is 16.6 Å². The lowest BCUT2D eigenvalue weighted by molar-refractivity contribution is 0.102. The summed E-state index contributed by atoms with van der Waals surface area (Å²) >= 11 is 0. The molecular formula is C17H19BNO6P. The molecule has 136 valence electrons. The molecular weight excluding hydrogens is 356 g/mol. The van der Waals surface area contributed by atoms with Crippen molar-refractivity contribution in [2.45, 2.75) is 0 Å². The molecule has 0 saturated carbocycles. The largest absolute Gasteiger partial charge is 0.495 e. The summed E-state index contributed by atoms with van der Waals surface area (Å²) in [5.41, 5.74) is 0.570. The lowest BCUT2D eigenvalue weighted by Crippen LogP contribution is -2.33. The Morgan fingerprint density at radius 2 is 1.88 bits per heavy atom. The van der Waals surface area contributed by atoms with Crippen LogP contribution in [0.2, 0.25) is 0 Å². The number of nitrogens with one attached hydrogen (secondary N) is 1. The zero-order valence-corrected chi connectivity index (χ0v) is 15.5. The number of rotatable bonds is 6. The quantitative estimate of drug-likeness (QED) is 0.389. The molecule has 0 saturated heterocycles. The zero-order chi connectivity index (χ0) is 19.5. The lowest BCUT2D eigenvalue weighted by Gasteiger charge is -2.14. The first-order chi connectivity index (χ1) is 12.2. The van der Waals surface area contributed by atoms with Crippen molar-refractivity contribution in [2.24, 2.45) is 0 Å². The summed E-state index contributed by atoms with van der Waals surface area (Å²) in [5.74, 6) is -0.146. The topological polar surface area (TPSA) is 113 Å². The predicted octanol–water partition coefficient (Wildman–Crippen LogP) is 0.688. The highest BCUT2D eigenvalue weighted by atomic mass is 31.2. The highest BCUT2D eigenvalue weighted by molar-refractivity contribution is 7.70. The van der Waals surface area contributed by atoms with Crippen molar-refractivity contribution < 1.29 is 28.9 Å². The molecule has 2 rings (SSSR count). The molecule has 2 aromatic rings. The third-order valence-electron chi connectivity index (χ3n) is 3.81. The van der Waals surface area contributed by atoms with Crippen LogP contribution in [-0.2, 0) is 4.57 Å². The SMILES string of the molecule is COc1cc(P(C)(C)=O)ccc1NC(=O)c1ccc(B(O)O)c(C=O)c1. The van der Waals surface area contributed by atoms with E-state index < -0.39 is 20.2 Å². The molecule has 0 atom stereocenters. The van der Waals surface area contributed by atoms with Gasteiger partial charge in [0, 0.05) is 16.4 Å². The number of ether oxygens (including phenoxy) is 1. The van der Waals surface area contributed by atoms with Crippen LogP contribution in [0.1, 0.15) is 20.7 Å². The van der Waals surface area contributed by atoms with Crippen LogP contribution in [0.5, 0.6) is 5.75 Å². The molecule has 3 N–H and O–H groups in total. The number of anilines is 1. The van der Waals surface area contributed by atoms with Gasteiger partial charge in [-0.05, 0) is 49.1 Å². The van der Waals surface area contributed by atoms with Gasteiger partial charge in [0.25, 0.3) is 5.91 Å². The maximum absolute atomic E-state index is 12.5. The Morgan fingerprint density at radius 1 is 1.19 bits per heavy atom. The molecule has 0 bridgehead atoms. The lowest BCUT2D eigenvalue weighted by atomic mass is 9.77. The fourth-order valence-corrected chi connectivity index (χ4v) is 3.23. The Morgan fingerprint density at radius 3 is 2.42 bits per heavy atom. The van der Waals surface area contributed by atoms with Crippen molar-refractivity contribution >= 4 is 42.9 Å². The van der Waals surface area contributed by atoms with E-state index in [1.165, 1.54) is 25.3 Å². The fraction of sp³-hybridized carbons (Fsp3) is 0.176. The van der Waals surface area contributed by atoms with Gasteiger partial charge in [0.1, 0.15) is 19.2 Å². The predicted molar refractivity (Wildman–Crippen MR) is 102 cm³/mol. The molecule has 7 nitrogen and oxygen atoms in total. The molecule has 0 aromatic heterocycles. The molecule has 2 aromatic carbocycles. The standard InChI is InChI=1S/C17H19BNO6P/c1-25-16-9-13(26(2,3)24)5-7-15(16)19-17(21)11-4-6-14(18(22)23)12(8-11)10-20/h4-10,22-23H,1-3H3,(H,19,21). The number of carbonyl (C=O) groups excluding carboxylic acids is 2. The minimum atomic E-state index is -2.47. The molecule has 0 heterocycles. The van der Waals surface area contributed by atoms with Crippen LogP contribution in [0.15, 0.2) is 36.4 Å². The number of benzene rings is 2. The van der Waals surface area contributed by atoms with Crippen LogP contribution in [0.3, 0.4) is 0 Å². The van der Waals surface area contributed by atoms with Gasteiger partial charge in [-0.2, -0.15) is 0 Å². The fourth-order valence-electron chi connectivity index (χ4n) is 2.37. The average Bonchev–Trinajstić information content (AvgIpc) is 2.60. The second kappa shape index (κ2) is 7.87. The zero-order valence-electron chi connectivity index (χ0n) is 14.6. The molecule has 0 spiro atoms. The monoisotopic (exact) mass is 375 g/mol. The Hall–Kier alpha value is -2.41. The summed E-state index contributed by atoms with van der Waals surface area (Å²) in [4.78, 5) is 23.5. The van der Waals surface area contributed by atoms with Gasteiger partial charge in [0.05, 0.1) is 12.8 Å². The molecule has 0 aliphatic heterocycles. The van der Waals surface area contributed by atoms with E-state index >= 15 is 0 Å². The molecule has 0 aliphatic carbocycles. The number of carbonyl (C=O) groups is 2. The number of hydrogen-bond donors (Lipinski definition) is 3.